The molecule has 1 aliphatic rings. The Morgan fingerprint density at radius 3 is 2.71 bits per heavy atom. The maximum atomic E-state index is 12.0. The molecule has 17 heavy (non-hydrogen) atoms. The van der Waals surface area contributed by atoms with Gasteiger partial charge in [0.2, 0.25) is 0 Å². The lowest BCUT2D eigenvalue weighted by Crippen LogP contribution is -2.35. The zero-order chi connectivity index (χ0) is 12.6. The Balaban J connectivity index is 2.39. The summed E-state index contributed by atoms with van der Waals surface area (Å²) in [5.41, 5.74) is -1.17. The molecule has 0 aliphatic carbocycles. The van der Waals surface area contributed by atoms with E-state index in [1.54, 1.807) is 0 Å². The summed E-state index contributed by atoms with van der Waals surface area (Å²) in [6.07, 6.45) is -0.0894. The van der Waals surface area contributed by atoms with Gasteiger partial charge in [0.05, 0.1) is 18.5 Å². The molecule has 0 bridgehead atoms. The first kappa shape index (κ1) is 12.3. The van der Waals surface area contributed by atoms with Gasteiger partial charge in [0.15, 0.2) is 0 Å². The fourth-order valence-corrected chi connectivity index (χ4v) is 4.48. The Kier molecular flexibility index (Phi) is 3.07. The Morgan fingerprint density at radius 1 is 1.47 bits per heavy atom. The Labute approximate surface area is 96.1 Å². The molecule has 1 fully saturated rings. The van der Waals surface area contributed by atoms with Crippen molar-refractivity contribution in [2.24, 2.45) is 0 Å². The number of H-pyrrole nitrogens is 1. The number of nitrogens with one attached hydrogen (secondary N) is 1. The first-order valence-electron chi connectivity index (χ1n) is 5.13. The maximum Gasteiger partial charge on any atom is 0.328 e. The summed E-state index contributed by atoms with van der Waals surface area (Å²) in [5.74, 6) is 0. The van der Waals surface area contributed by atoms with Gasteiger partial charge in [0.1, 0.15) is 7.14 Å². The lowest BCUT2D eigenvalue weighted by atomic mass is 10.2. The molecule has 3 N–H and O–H groups in total. The molecule has 1 saturated heterocycles. The minimum atomic E-state index is -2.81. The predicted molar refractivity (Wildman–Crippen MR) is 60.8 cm³/mol. The van der Waals surface area contributed by atoms with E-state index in [-0.39, 0.29) is 12.3 Å². The quantitative estimate of drug-likeness (QED) is 0.576. The van der Waals surface area contributed by atoms with Crippen molar-refractivity contribution in [3.05, 3.63) is 33.1 Å². The first-order valence-corrected chi connectivity index (χ1v) is 7.39. The van der Waals surface area contributed by atoms with Crippen molar-refractivity contribution in [2.75, 3.05) is 18.7 Å². The molecule has 2 heterocycles. The Bertz CT molecular complexity index is 577. The van der Waals surface area contributed by atoms with Crippen LogP contribution in [0, 0.1) is 0 Å². The van der Waals surface area contributed by atoms with Gasteiger partial charge in [-0.05, 0) is 0 Å². The monoisotopic (exact) mass is 260 g/mol. The molecule has 0 amide bonds. The van der Waals surface area contributed by atoms with E-state index in [1.165, 1.54) is 6.20 Å². The van der Waals surface area contributed by atoms with Gasteiger partial charge in [-0.1, -0.05) is 0 Å². The molecule has 7 nitrogen and oxygen atoms in total. The van der Waals surface area contributed by atoms with E-state index >= 15 is 0 Å². The number of aromatic nitrogens is 2. The van der Waals surface area contributed by atoms with Gasteiger partial charge in [-0.25, -0.2) is 4.79 Å². The van der Waals surface area contributed by atoms with E-state index in [0.29, 0.717) is 0 Å². The molecule has 1 aliphatic heterocycles. The maximum absolute atomic E-state index is 12.0. The van der Waals surface area contributed by atoms with Crippen LogP contribution in [0.15, 0.2) is 21.9 Å². The molecule has 0 radical (unpaired) electrons. The van der Waals surface area contributed by atoms with E-state index in [0.717, 1.165) is 10.6 Å². The highest BCUT2D eigenvalue weighted by atomic mass is 31.2. The molecule has 2 rings (SSSR count). The van der Waals surface area contributed by atoms with Crippen LogP contribution in [-0.4, -0.2) is 44.5 Å². The van der Waals surface area contributed by atoms with Gasteiger partial charge >= 0.3 is 5.69 Å². The average Bonchev–Trinajstić information content (AvgIpc) is 2.55. The third-order valence-corrected chi connectivity index (χ3v) is 5.54. The molecule has 0 unspecified atom stereocenters. The highest BCUT2D eigenvalue weighted by molar-refractivity contribution is 7.64. The van der Waals surface area contributed by atoms with Crippen LogP contribution in [-0.2, 0) is 4.57 Å². The van der Waals surface area contributed by atoms with Gasteiger partial charge in [-0.3, -0.25) is 14.3 Å². The molecular weight excluding hydrogens is 247 g/mol. The number of aromatic amines is 1. The molecule has 1 aromatic heterocycles. The molecule has 0 saturated carbocycles. The predicted octanol–water partition coefficient (Wildman–Crippen LogP) is -1.23. The van der Waals surface area contributed by atoms with E-state index in [4.69, 9.17) is 5.11 Å². The topological polar surface area (TPSA) is 112 Å². The normalized spacial score (nSPS) is 32.8. The number of nitrogens with zero attached hydrogens (tertiary/aromatic N) is 1. The van der Waals surface area contributed by atoms with Crippen LogP contribution in [0.4, 0.5) is 0 Å². The Hall–Kier alpha value is -1.17. The number of aliphatic hydroxyl groups excluding tert-OH is 2. The van der Waals surface area contributed by atoms with E-state index in [9.17, 15) is 19.3 Å². The zero-order valence-electron chi connectivity index (χ0n) is 8.94. The van der Waals surface area contributed by atoms with Gasteiger partial charge in [-0.15, -0.1) is 0 Å². The summed E-state index contributed by atoms with van der Waals surface area (Å²) >= 11 is 0. The van der Waals surface area contributed by atoms with Crippen molar-refractivity contribution in [2.45, 2.75) is 12.1 Å². The highest BCUT2D eigenvalue weighted by Gasteiger charge is 2.41. The largest absolute Gasteiger partial charge is 0.390 e. The molecule has 0 spiro atoms. The van der Waals surface area contributed by atoms with Crippen LogP contribution < -0.4 is 11.2 Å². The second kappa shape index (κ2) is 4.25. The summed E-state index contributed by atoms with van der Waals surface area (Å²) in [4.78, 5) is 24.5. The van der Waals surface area contributed by atoms with Gasteiger partial charge in [0, 0.05) is 24.6 Å². The Morgan fingerprint density at radius 2 is 2.18 bits per heavy atom. The minimum Gasteiger partial charge on any atom is -0.390 e. The molecular formula is C9H13N2O5P. The van der Waals surface area contributed by atoms with E-state index in [2.05, 4.69) is 4.98 Å². The molecule has 0 aromatic carbocycles. The SMILES string of the molecule is O=c1ccn([C@H]2C[P@](=O)(CO)C[C@@H]2O)c(=O)[nH]1. The summed E-state index contributed by atoms with van der Waals surface area (Å²) in [6, 6.07) is 0.508. The fourth-order valence-electron chi connectivity index (χ4n) is 2.08. The van der Waals surface area contributed by atoms with Crippen molar-refractivity contribution < 1.29 is 14.8 Å². The number of hydrogen-bond acceptors (Lipinski definition) is 5. The van der Waals surface area contributed by atoms with Crippen LogP contribution in [0.2, 0.25) is 0 Å². The lowest BCUT2D eigenvalue weighted by Gasteiger charge is -2.15. The van der Waals surface area contributed by atoms with Gasteiger partial charge in [-0.2, -0.15) is 0 Å². The number of hydrogen-bond donors (Lipinski definition) is 3. The molecule has 3 atom stereocenters. The summed E-state index contributed by atoms with van der Waals surface area (Å²) in [6.45, 7) is 0. The number of rotatable bonds is 2. The van der Waals surface area contributed by atoms with Crippen LogP contribution in [0.3, 0.4) is 0 Å². The first-order chi connectivity index (χ1) is 7.95. The van der Waals surface area contributed by atoms with Crippen molar-refractivity contribution in [3.8, 4) is 0 Å². The van der Waals surface area contributed by atoms with E-state index < -0.39 is 36.9 Å². The fraction of sp³-hybridized carbons (Fsp3) is 0.556. The van der Waals surface area contributed by atoms with Crippen LogP contribution in [0.5, 0.6) is 0 Å². The highest BCUT2D eigenvalue weighted by Crippen LogP contribution is 2.54. The minimum absolute atomic E-state index is 0.000265. The number of aliphatic hydroxyl groups is 2. The molecule has 94 valence electrons. The van der Waals surface area contributed by atoms with Crippen LogP contribution in [0.1, 0.15) is 6.04 Å². The average molecular weight is 260 g/mol. The summed E-state index contributed by atoms with van der Waals surface area (Å²) in [5, 5.41) is 18.8. The van der Waals surface area contributed by atoms with Crippen LogP contribution >= 0.6 is 7.14 Å². The van der Waals surface area contributed by atoms with Crippen molar-refractivity contribution in [1.82, 2.24) is 9.55 Å². The summed E-state index contributed by atoms with van der Waals surface area (Å²) in [7, 11) is -2.81. The van der Waals surface area contributed by atoms with E-state index in [1.807, 2.05) is 0 Å². The van der Waals surface area contributed by atoms with Crippen molar-refractivity contribution in [3.63, 3.8) is 0 Å². The van der Waals surface area contributed by atoms with Crippen molar-refractivity contribution in [1.29, 1.82) is 0 Å². The third kappa shape index (κ3) is 2.26. The van der Waals surface area contributed by atoms with Gasteiger partial charge < -0.3 is 14.8 Å². The van der Waals surface area contributed by atoms with Crippen molar-refractivity contribution >= 4 is 7.14 Å². The van der Waals surface area contributed by atoms with Gasteiger partial charge in [0.25, 0.3) is 5.56 Å². The summed E-state index contributed by atoms with van der Waals surface area (Å²) < 4.78 is 13.1. The third-order valence-electron chi connectivity index (χ3n) is 2.95. The molecule has 8 heteroatoms. The smallest absolute Gasteiger partial charge is 0.328 e. The molecule has 1 aromatic rings. The second-order valence-corrected chi connectivity index (χ2v) is 7.35. The second-order valence-electron chi connectivity index (χ2n) is 4.22. The standard InChI is InChI=1S/C9H13N2O5P/c12-5-17(16)3-6(7(13)4-17)11-2-1-8(14)10-9(11)15/h1-2,6-7,12-13H,3-5H2,(H,10,14,15)/t6-,7-,17+/m0/s1. The zero-order valence-corrected chi connectivity index (χ0v) is 9.84. The van der Waals surface area contributed by atoms with Crippen LogP contribution in [0.25, 0.3) is 0 Å². The lowest BCUT2D eigenvalue weighted by molar-refractivity contribution is 0.150.